The van der Waals surface area contributed by atoms with Crippen LogP contribution in [0.2, 0.25) is 0 Å². The quantitative estimate of drug-likeness (QED) is 0.380. The molecule has 0 bridgehead atoms. The number of ether oxygens (including phenoxy) is 1. The van der Waals surface area contributed by atoms with Gasteiger partial charge in [0.15, 0.2) is 5.65 Å². The second-order valence-electron chi connectivity index (χ2n) is 7.32. The SMILES string of the molecule is CCOc1ccccc1NC(=O)Nc1cccc(-c2ccc3nnc(-c4ccccn4)n3n2)c1. The number of para-hydroxylation sites is 2. The zero-order valence-electron chi connectivity index (χ0n) is 18.3. The lowest BCUT2D eigenvalue weighted by molar-refractivity contribution is 0.262. The van der Waals surface area contributed by atoms with Crippen LogP contribution >= 0.6 is 0 Å². The molecule has 9 nitrogen and oxygen atoms in total. The first-order chi connectivity index (χ1) is 16.7. The second-order valence-corrected chi connectivity index (χ2v) is 7.32. The summed E-state index contributed by atoms with van der Waals surface area (Å²) in [5.41, 5.74) is 4.05. The number of anilines is 2. The van der Waals surface area contributed by atoms with Crippen molar-refractivity contribution in [2.75, 3.05) is 17.2 Å². The molecule has 0 aliphatic heterocycles. The van der Waals surface area contributed by atoms with Crippen LogP contribution in [-0.2, 0) is 0 Å². The molecule has 0 aliphatic rings. The van der Waals surface area contributed by atoms with Gasteiger partial charge in [-0.25, -0.2) is 4.79 Å². The fourth-order valence-corrected chi connectivity index (χ4v) is 3.49. The molecule has 168 valence electrons. The fourth-order valence-electron chi connectivity index (χ4n) is 3.49. The number of carbonyl (C=O) groups is 1. The summed E-state index contributed by atoms with van der Waals surface area (Å²) in [7, 11) is 0. The maximum Gasteiger partial charge on any atom is 0.323 e. The Morgan fingerprint density at radius 1 is 0.912 bits per heavy atom. The average molecular weight is 451 g/mol. The first-order valence-corrected chi connectivity index (χ1v) is 10.8. The van der Waals surface area contributed by atoms with E-state index in [9.17, 15) is 4.79 Å². The topological polar surface area (TPSA) is 106 Å². The normalized spacial score (nSPS) is 10.7. The van der Waals surface area contributed by atoms with E-state index in [1.165, 1.54) is 0 Å². The van der Waals surface area contributed by atoms with Gasteiger partial charge >= 0.3 is 6.03 Å². The Labute approximate surface area is 195 Å². The molecule has 3 heterocycles. The summed E-state index contributed by atoms with van der Waals surface area (Å²) in [6.07, 6.45) is 1.70. The largest absolute Gasteiger partial charge is 0.492 e. The Morgan fingerprint density at radius 3 is 2.65 bits per heavy atom. The maximum absolute atomic E-state index is 12.6. The molecule has 0 saturated heterocycles. The summed E-state index contributed by atoms with van der Waals surface area (Å²) >= 11 is 0. The number of benzene rings is 2. The molecule has 0 fully saturated rings. The van der Waals surface area contributed by atoms with Crippen LogP contribution < -0.4 is 15.4 Å². The summed E-state index contributed by atoms with van der Waals surface area (Å²) < 4.78 is 7.23. The molecular formula is C25H21N7O2. The standard InChI is InChI=1S/C25H21N7O2/c1-2-34-22-12-4-3-10-20(22)28-25(33)27-18-9-7-8-17(16-18)19-13-14-23-29-30-24(32(23)31-19)21-11-5-6-15-26-21/h3-16H,2H2,1H3,(H2,27,28,33). The van der Waals surface area contributed by atoms with Crippen molar-refractivity contribution in [3.63, 3.8) is 0 Å². The van der Waals surface area contributed by atoms with Crippen molar-refractivity contribution < 1.29 is 9.53 Å². The van der Waals surface area contributed by atoms with E-state index >= 15 is 0 Å². The third kappa shape index (κ3) is 4.40. The third-order valence-corrected chi connectivity index (χ3v) is 5.01. The zero-order chi connectivity index (χ0) is 23.3. The van der Waals surface area contributed by atoms with Crippen molar-refractivity contribution in [2.24, 2.45) is 0 Å². The molecule has 5 rings (SSSR count). The average Bonchev–Trinajstić information content (AvgIpc) is 3.29. The van der Waals surface area contributed by atoms with Gasteiger partial charge in [0.25, 0.3) is 0 Å². The van der Waals surface area contributed by atoms with E-state index < -0.39 is 0 Å². The molecule has 9 heteroatoms. The Bertz CT molecular complexity index is 1450. The number of nitrogens with zero attached hydrogens (tertiary/aromatic N) is 5. The van der Waals surface area contributed by atoms with E-state index in [4.69, 9.17) is 9.84 Å². The minimum Gasteiger partial charge on any atom is -0.492 e. The van der Waals surface area contributed by atoms with Crippen molar-refractivity contribution in [1.29, 1.82) is 0 Å². The number of urea groups is 1. The van der Waals surface area contributed by atoms with Crippen LogP contribution in [0.5, 0.6) is 5.75 Å². The highest BCUT2D eigenvalue weighted by Crippen LogP contribution is 2.25. The lowest BCUT2D eigenvalue weighted by Gasteiger charge is -2.12. The maximum atomic E-state index is 12.6. The van der Waals surface area contributed by atoms with Gasteiger partial charge in [0.05, 0.1) is 18.0 Å². The molecule has 2 N–H and O–H groups in total. The van der Waals surface area contributed by atoms with Gasteiger partial charge in [-0.2, -0.15) is 9.61 Å². The van der Waals surface area contributed by atoms with Crippen molar-refractivity contribution in [1.82, 2.24) is 24.8 Å². The molecule has 3 aromatic heterocycles. The molecule has 34 heavy (non-hydrogen) atoms. The van der Waals surface area contributed by atoms with Gasteiger partial charge in [0, 0.05) is 17.4 Å². The number of carbonyl (C=O) groups excluding carboxylic acids is 1. The minimum atomic E-state index is -0.371. The fraction of sp³-hybridized carbons (Fsp3) is 0.0800. The van der Waals surface area contributed by atoms with Gasteiger partial charge in [-0.1, -0.05) is 30.3 Å². The number of rotatable bonds is 6. The van der Waals surface area contributed by atoms with E-state index in [1.54, 1.807) is 16.8 Å². The summed E-state index contributed by atoms with van der Waals surface area (Å²) in [5, 5.41) is 18.8. The third-order valence-electron chi connectivity index (χ3n) is 5.01. The van der Waals surface area contributed by atoms with E-state index in [0.717, 1.165) is 5.56 Å². The highest BCUT2D eigenvalue weighted by molar-refractivity contribution is 6.01. The van der Waals surface area contributed by atoms with Gasteiger partial charge in [-0.15, -0.1) is 10.2 Å². The summed E-state index contributed by atoms with van der Waals surface area (Å²) in [4.78, 5) is 17.0. The molecule has 0 saturated carbocycles. The van der Waals surface area contributed by atoms with Crippen LogP contribution in [0.25, 0.3) is 28.4 Å². The number of nitrogens with one attached hydrogen (secondary N) is 2. The number of amides is 2. The smallest absolute Gasteiger partial charge is 0.323 e. The number of hydrogen-bond donors (Lipinski definition) is 2. The van der Waals surface area contributed by atoms with Gasteiger partial charge in [-0.05, 0) is 55.5 Å². The van der Waals surface area contributed by atoms with E-state index in [2.05, 4.69) is 25.8 Å². The summed E-state index contributed by atoms with van der Waals surface area (Å²) in [6, 6.07) is 23.7. The monoisotopic (exact) mass is 451 g/mol. The van der Waals surface area contributed by atoms with E-state index in [-0.39, 0.29) is 6.03 Å². The number of aromatic nitrogens is 5. The first kappa shape index (κ1) is 21.1. The molecule has 0 atom stereocenters. The molecule has 0 spiro atoms. The molecule has 0 aliphatic carbocycles. The molecule has 0 unspecified atom stereocenters. The van der Waals surface area contributed by atoms with Crippen LogP contribution in [0, 0.1) is 0 Å². The molecular weight excluding hydrogens is 430 g/mol. The van der Waals surface area contributed by atoms with E-state index in [0.29, 0.717) is 46.6 Å². The van der Waals surface area contributed by atoms with Crippen molar-refractivity contribution in [3.05, 3.63) is 85.1 Å². The first-order valence-electron chi connectivity index (χ1n) is 10.8. The molecule has 0 radical (unpaired) electrons. The Morgan fingerprint density at radius 2 is 1.79 bits per heavy atom. The Balaban J connectivity index is 1.38. The minimum absolute atomic E-state index is 0.371. The zero-order valence-corrected chi connectivity index (χ0v) is 18.3. The predicted octanol–water partition coefficient (Wildman–Crippen LogP) is 4.90. The lowest BCUT2D eigenvalue weighted by Crippen LogP contribution is -2.20. The van der Waals surface area contributed by atoms with Crippen LogP contribution in [-0.4, -0.2) is 37.4 Å². The number of hydrogen-bond acceptors (Lipinski definition) is 6. The number of pyridine rings is 1. The Hall–Kier alpha value is -4.79. The van der Waals surface area contributed by atoms with Gasteiger partial charge < -0.3 is 15.4 Å². The molecule has 2 aromatic carbocycles. The highest BCUT2D eigenvalue weighted by Gasteiger charge is 2.12. The lowest BCUT2D eigenvalue weighted by atomic mass is 10.1. The molecule has 2 amide bonds. The highest BCUT2D eigenvalue weighted by atomic mass is 16.5. The molecule has 5 aromatic rings. The second kappa shape index (κ2) is 9.37. The van der Waals surface area contributed by atoms with Gasteiger partial charge in [-0.3, -0.25) is 4.98 Å². The van der Waals surface area contributed by atoms with E-state index in [1.807, 2.05) is 79.7 Å². The van der Waals surface area contributed by atoms with Crippen LogP contribution in [0.1, 0.15) is 6.92 Å². The number of fused-ring (bicyclic) bond motifs is 1. The van der Waals surface area contributed by atoms with Gasteiger partial charge in [0.1, 0.15) is 11.4 Å². The van der Waals surface area contributed by atoms with Crippen LogP contribution in [0.4, 0.5) is 16.2 Å². The van der Waals surface area contributed by atoms with Crippen LogP contribution in [0.15, 0.2) is 85.1 Å². The summed E-state index contributed by atoms with van der Waals surface area (Å²) in [5.74, 6) is 1.17. The van der Waals surface area contributed by atoms with Crippen molar-refractivity contribution >= 4 is 23.1 Å². The van der Waals surface area contributed by atoms with Crippen LogP contribution in [0.3, 0.4) is 0 Å². The van der Waals surface area contributed by atoms with Crippen molar-refractivity contribution in [2.45, 2.75) is 6.92 Å². The van der Waals surface area contributed by atoms with Gasteiger partial charge in [0.2, 0.25) is 5.82 Å². The van der Waals surface area contributed by atoms with Crippen molar-refractivity contribution in [3.8, 4) is 28.5 Å². The Kier molecular flexibility index (Phi) is 5.81. The predicted molar refractivity (Wildman–Crippen MR) is 130 cm³/mol. The summed E-state index contributed by atoms with van der Waals surface area (Å²) in [6.45, 7) is 2.40.